The van der Waals surface area contributed by atoms with E-state index in [0.717, 1.165) is 22.9 Å². The molecule has 0 amide bonds. The second kappa shape index (κ2) is 7.30. The molecule has 0 saturated heterocycles. The molecule has 21 heavy (non-hydrogen) atoms. The average molecular weight is 324 g/mol. The van der Waals surface area contributed by atoms with Crippen molar-refractivity contribution in [1.29, 1.82) is 0 Å². The average Bonchev–Trinajstić information content (AvgIpc) is 2.94. The Hall–Kier alpha value is -1.03. The Labute approximate surface area is 136 Å². The number of halogens is 1. The van der Waals surface area contributed by atoms with Gasteiger partial charge in [0.1, 0.15) is 5.75 Å². The zero-order chi connectivity index (χ0) is 15.4. The second-order valence-corrected chi connectivity index (χ2v) is 6.85. The lowest BCUT2D eigenvalue weighted by atomic mass is 10.0. The predicted molar refractivity (Wildman–Crippen MR) is 92.6 cm³/mol. The number of rotatable bonds is 6. The number of hydrogen-bond acceptors (Lipinski definition) is 3. The third kappa shape index (κ3) is 3.79. The summed E-state index contributed by atoms with van der Waals surface area (Å²) in [5.74, 6) is 1.38. The van der Waals surface area contributed by atoms with E-state index in [1.165, 1.54) is 9.75 Å². The molecule has 1 heterocycles. The highest BCUT2D eigenvalue weighted by Gasteiger charge is 2.17. The Morgan fingerprint density at radius 3 is 2.62 bits per heavy atom. The lowest BCUT2D eigenvalue weighted by Crippen LogP contribution is -2.24. The summed E-state index contributed by atoms with van der Waals surface area (Å²) in [6.07, 6.45) is 0. The Kier molecular flexibility index (Phi) is 5.68. The highest BCUT2D eigenvalue weighted by molar-refractivity contribution is 7.15. The van der Waals surface area contributed by atoms with Gasteiger partial charge in [-0.3, -0.25) is 0 Å². The fourth-order valence-corrected chi connectivity index (χ4v) is 3.93. The van der Waals surface area contributed by atoms with Crippen LogP contribution >= 0.6 is 22.9 Å². The predicted octanol–water partition coefficient (Wildman–Crippen LogP) is 5.38. The van der Waals surface area contributed by atoms with Crippen molar-refractivity contribution in [2.45, 2.75) is 26.8 Å². The molecule has 0 spiro atoms. The van der Waals surface area contributed by atoms with Gasteiger partial charge in [0.25, 0.3) is 0 Å². The number of thiophene rings is 1. The molecule has 0 aliphatic heterocycles. The van der Waals surface area contributed by atoms with Gasteiger partial charge in [0.05, 0.1) is 7.11 Å². The third-order valence-corrected chi connectivity index (χ3v) is 4.99. The molecule has 0 aliphatic rings. The molecular weight excluding hydrogens is 302 g/mol. The number of ether oxygens (including phenoxy) is 1. The van der Waals surface area contributed by atoms with E-state index in [2.05, 4.69) is 38.2 Å². The highest BCUT2D eigenvalue weighted by atomic mass is 35.5. The van der Waals surface area contributed by atoms with Gasteiger partial charge in [-0.15, -0.1) is 11.3 Å². The van der Waals surface area contributed by atoms with Crippen molar-refractivity contribution in [3.63, 3.8) is 0 Å². The minimum atomic E-state index is 0.387. The highest BCUT2D eigenvalue weighted by Crippen LogP contribution is 2.38. The molecule has 114 valence electrons. The van der Waals surface area contributed by atoms with E-state index in [1.807, 2.05) is 18.2 Å². The molecule has 1 atom stereocenters. The molecule has 2 rings (SSSR count). The molecule has 1 unspecified atom stereocenters. The zero-order valence-electron chi connectivity index (χ0n) is 12.9. The van der Waals surface area contributed by atoms with Crippen molar-refractivity contribution in [2.24, 2.45) is 5.92 Å². The van der Waals surface area contributed by atoms with Gasteiger partial charge >= 0.3 is 0 Å². The maximum absolute atomic E-state index is 6.34. The molecule has 0 fully saturated rings. The van der Waals surface area contributed by atoms with Crippen LogP contribution in [0.4, 0.5) is 0 Å². The number of nitrogens with one attached hydrogen (secondary N) is 1. The molecular formula is C17H22ClNOS. The van der Waals surface area contributed by atoms with Crippen LogP contribution in [0.3, 0.4) is 0 Å². The SMILES string of the molecule is CCNC(c1ccc(-c2cc(OC)ccc2Cl)s1)C(C)C. The van der Waals surface area contributed by atoms with Crippen molar-refractivity contribution in [1.82, 2.24) is 5.32 Å². The van der Waals surface area contributed by atoms with Crippen LogP contribution in [0.5, 0.6) is 5.75 Å². The molecule has 0 bridgehead atoms. The first kappa shape index (κ1) is 16.3. The summed E-state index contributed by atoms with van der Waals surface area (Å²) in [5, 5.41) is 4.31. The van der Waals surface area contributed by atoms with Crippen LogP contribution in [0, 0.1) is 5.92 Å². The van der Waals surface area contributed by atoms with Crippen LogP contribution in [-0.2, 0) is 0 Å². The molecule has 1 aromatic carbocycles. The quantitative estimate of drug-likeness (QED) is 0.770. The maximum atomic E-state index is 6.34. The Morgan fingerprint density at radius 2 is 2.00 bits per heavy atom. The first-order valence-corrected chi connectivity index (χ1v) is 8.43. The van der Waals surface area contributed by atoms with Crippen LogP contribution in [0.1, 0.15) is 31.7 Å². The van der Waals surface area contributed by atoms with Gasteiger partial charge in [-0.2, -0.15) is 0 Å². The van der Waals surface area contributed by atoms with Crippen LogP contribution in [0.25, 0.3) is 10.4 Å². The molecule has 0 saturated carbocycles. The smallest absolute Gasteiger partial charge is 0.119 e. The molecule has 1 N–H and O–H groups in total. The summed E-state index contributed by atoms with van der Waals surface area (Å²) in [7, 11) is 1.67. The molecule has 0 radical (unpaired) electrons. The Balaban J connectivity index is 2.35. The summed E-state index contributed by atoms with van der Waals surface area (Å²) in [4.78, 5) is 2.53. The number of benzene rings is 1. The van der Waals surface area contributed by atoms with Crippen LogP contribution in [0.15, 0.2) is 30.3 Å². The van der Waals surface area contributed by atoms with E-state index in [9.17, 15) is 0 Å². The van der Waals surface area contributed by atoms with Crippen molar-refractivity contribution < 1.29 is 4.74 Å². The van der Waals surface area contributed by atoms with Crippen LogP contribution in [0.2, 0.25) is 5.02 Å². The van der Waals surface area contributed by atoms with Gasteiger partial charge in [-0.25, -0.2) is 0 Å². The Morgan fingerprint density at radius 1 is 1.24 bits per heavy atom. The fraction of sp³-hybridized carbons (Fsp3) is 0.412. The fourth-order valence-electron chi connectivity index (χ4n) is 2.37. The summed E-state index contributed by atoms with van der Waals surface area (Å²) < 4.78 is 5.30. The van der Waals surface area contributed by atoms with E-state index < -0.39 is 0 Å². The van der Waals surface area contributed by atoms with Gasteiger partial charge in [-0.1, -0.05) is 32.4 Å². The molecule has 1 aromatic heterocycles. The van der Waals surface area contributed by atoms with Crippen LogP contribution < -0.4 is 10.1 Å². The normalized spacial score (nSPS) is 12.7. The van der Waals surface area contributed by atoms with Crippen molar-refractivity contribution in [2.75, 3.05) is 13.7 Å². The van der Waals surface area contributed by atoms with Gasteiger partial charge < -0.3 is 10.1 Å². The molecule has 2 aromatic rings. The monoisotopic (exact) mass is 323 g/mol. The molecule has 4 heteroatoms. The van der Waals surface area contributed by atoms with E-state index in [1.54, 1.807) is 18.4 Å². The minimum Gasteiger partial charge on any atom is -0.497 e. The minimum absolute atomic E-state index is 0.387. The van der Waals surface area contributed by atoms with Crippen molar-refractivity contribution in [3.05, 3.63) is 40.2 Å². The van der Waals surface area contributed by atoms with Gasteiger partial charge in [0.15, 0.2) is 0 Å². The first-order valence-electron chi connectivity index (χ1n) is 7.23. The molecule has 0 aliphatic carbocycles. The molecule has 2 nitrogen and oxygen atoms in total. The van der Waals surface area contributed by atoms with Gasteiger partial charge in [0, 0.05) is 26.4 Å². The van der Waals surface area contributed by atoms with Crippen molar-refractivity contribution in [3.8, 4) is 16.2 Å². The summed E-state index contributed by atoms with van der Waals surface area (Å²) >= 11 is 8.13. The van der Waals surface area contributed by atoms with Gasteiger partial charge in [0.2, 0.25) is 0 Å². The van der Waals surface area contributed by atoms with Gasteiger partial charge in [-0.05, 0) is 42.8 Å². The summed E-state index contributed by atoms with van der Waals surface area (Å²) in [5.41, 5.74) is 1.03. The topological polar surface area (TPSA) is 21.3 Å². The second-order valence-electron chi connectivity index (χ2n) is 5.33. The lowest BCUT2D eigenvalue weighted by molar-refractivity contribution is 0.415. The van der Waals surface area contributed by atoms with E-state index in [-0.39, 0.29) is 0 Å². The maximum Gasteiger partial charge on any atom is 0.119 e. The number of hydrogen-bond donors (Lipinski definition) is 1. The van der Waals surface area contributed by atoms with E-state index in [4.69, 9.17) is 16.3 Å². The lowest BCUT2D eigenvalue weighted by Gasteiger charge is -2.20. The zero-order valence-corrected chi connectivity index (χ0v) is 14.5. The van der Waals surface area contributed by atoms with Crippen LogP contribution in [-0.4, -0.2) is 13.7 Å². The standard InChI is InChI=1S/C17H22ClNOS/c1-5-19-17(11(2)3)16-9-8-15(21-16)13-10-12(20-4)6-7-14(13)18/h6-11,17,19H,5H2,1-4H3. The van der Waals surface area contributed by atoms with E-state index >= 15 is 0 Å². The van der Waals surface area contributed by atoms with Crippen molar-refractivity contribution >= 4 is 22.9 Å². The largest absolute Gasteiger partial charge is 0.497 e. The first-order chi connectivity index (χ1) is 10.1. The number of methoxy groups -OCH3 is 1. The third-order valence-electron chi connectivity index (χ3n) is 3.46. The summed E-state index contributed by atoms with van der Waals surface area (Å²) in [6.45, 7) is 7.59. The van der Waals surface area contributed by atoms with E-state index in [0.29, 0.717) is 12.0 Å². The Bertz CT molecular complexity index is 594. The summed E-state index contributed by atoms with van der Waals surface area (Å²) in [6, 6.07) is 10.5.